The lowest BCUT2D eigenvalue weighted by Gasteiger charge is -2.28. The Bertz CT molecular complexity index is 733. The van der Waals surface area contributed by atoms with Crippen LogP contribution >= 0.6 is 0 Å². The fourth-order valence-electron chi connectivity index (χ4n) is 2.95. The van der Waals surface area contributed by atoms with Crippen molar-refractivity contribution in [1.82, 2.24) is 0 Å². The minimum atomic E-state index is 1.19. The largest absolute Gasteiger partial charge is 0.310 e. The van der Waals surface area contributed by atoms with Gasteiger partial charge in [-0.25, -0.2) is 0 Å². The summed E-state index contributed by atoms with van der Waals surface area (Å²) >= 11 is 0. The van der Waals surface area contributed by atoms with E-state index in [1.54, 1.807) is 0 Å². The Hall–Kier alpha value is -2.54. The number of para-hydroxylation sites is 1. The molecule has 0 bridgehead atoms. The van der Waals surface area contributed by atoms with Gasteiger partial charge >= 0.3 is 0 Å². The molecule has 0 unspecified atom stereocenters. The van der Waals surface area contributed by atoms with Gasteiger partial charge in [0.1, 0.15) is 0 Å². The van der Waals surface area contributed by atoms with E-state index >= 15 is 0 Å². The maximum atomic E-state index is 2.35. The molecule has 3 aromatic carbocycles. The predicted octanol–water partition coefficient (Wildman–Crippen LogP) is 6.39. The number of hydrogen-bond acceptors (Lipinski definition) is 1. The molecule has 0 fully saturated rings. The maximum Gasteiger partial charge on any atom is 0.0519 e. The van der Waals surface area contributed by atoms with E-state index in [0.717, 1.165) is 0 Å². The molecule has 0 saturated heterocycles. The third-order valence-electron chi connectivity index (χ3n) is 4.25. The van der Waals surface area contributed by atoms with E-state index in [2.05, 4.69) is 99.3 Å². The molecule has 1 nitrogen and oxygen atoms in total. The van der Waals surface area contributed by atoms with E-state index in [-0.39, 0.29) is 0 Å². The van der Waals surface area contributed by atoms with Gasteiger partial charge in [0.05, 0.1) is 5.69 Å². The average Bonchev–Trinajstić information content (AvgIpc) is 2.53. The molecule has 0 aliphatic carbocycles. The van der Waals surface area contributed by atoms with Gasteiger partial charge in [-0.15, -0.1) is 0 Å². The van der Waals surface area contributed by atoms with Crippen molar-refractivity contribution in [3.63, 3.8) is 0 Å². The van der Waals surface area contributed by atoms with Crippen molar-refractivity contribution in [2.45, 2.75) is 27.7 Å². The second-order valence-corrected chi connectivity index (χ2v) is 6.25. The fourth-order valence-corrected chi connectivity index (χ4v) is 2.95. The molecule has 0 amide bonds. The van der Waals surface area contributed by atoms with E-state index in [9.17, 15) is 0 Å². The lowest BCUT2D eigenvalue weighted by molar-refractivity contribution is 1.21. The van der Waals surface area contributed by atoms with Crippen LogP contribution in [0.1, 0.15) is 22.3 Å². The maximum absolute atomic E-state index is 2.35. The minimum absolute atomic E-state index is 1.19. The van der Waals surface area contributed by atoms with Crippen LogP contribution in [-0.2, 0) is 0 Å². The zero-order valence-corrected chi connectivity index (χ0v) is 14.3. The number of anilines is 3. The van der Waals surface area contributed by atoms with Crippen LogP contribution in [-0.4, -0.2) is 0 Å². The van der Waals surface area contributed by atoms with Gasteiger partial charge in [-0.1, -0.05) is 53.6 Å². The molecule has 3 aromatic rings. The highest BCUT2D eigenvalue weighted by atomic mass is 15.1. The summed E-state index contributed by atoms with van der Waals surface area (Å²) in [5.41, 5.74) is 8.77. The molecule has 116 valence electrons. The zero-order valence-electron chi connectivity index (χ0n) is 14.3. The summed E-state index contributed by atoms with van der Waals surface area (Å²) in [4.78, 5) is 2.35. The van der Waals surface area contributed by atoms with Crippen LogP contribution in [0.2, 0.25) is 0 Å². The lowest BCUT2D eigenvalue weighted by Crippen LogP contribution is -2.12. The quantitative estimate of drug-likeness (QED) is 0.541. The monoisotopic (exact) mass is 301 g/mol. The Morgan fingerprint density at radius 1 is 0.522 bits per heavy atom. The van der Waals surface area contributed by atoms with Crippen molar-refractivity contribution in [1.29, 1.82) is 0 Å². The smallest absolute Gasteiger partial charge is 0.0519 e. The van der Waals surface area contributed by atoms with Crippen molar-refractivity contribution >= 4 is 17.1 Å². The van der Waals surface area contributed by atoms with E-state index in [1.807, 2.05) is 0 Å². The number of benzene rings is 3. The van der Waals surface area contributed by atoms with Gasteiger partial charge in [0.15, 0.2) is 0 Å². The Morgan fingerprint density at radius 3 is 1.30 bits per heavy atom. The van der Waals surface area contributed by atoms with Gasteiger partial charge < -0.3 is 4.90 Å². The Balaban J connectivity index is 2.21. The van der Waals surface area contributed by atoms with Crippen molar-refractivity contribution in [3.8, 4) is 0 Å². The minimum Gasteiger partial charge on any atom is -0.310 e. The third kappa shape index (κ3) is 3.14. The van der Waals surface area contributed by atoms with Crippen LogP contribution in [0.25, 0.3) is 0 Å². The molecule has 0 aliphatic rings. The first kappa shape index (κ1) is 15.4. The van der Waals surface area contributed by atoms with Gasteiger partial charge in [-0.3, -0.25) is 0 Å². The SMILES string of the molecule is Cc1ccc(N(c2ccc(C)cc2)c2c(C)cccc2C)cc1. The molecule has 0 N–H and O–H groups in total. The van der Waals surface area contributed by atoms with Gasteiger partial charge in [-0.2, -0.15) is 0 Å². The van der Waals surface area contributed by atoms with Gasteiger partial charge in [0.2, 0.25) is 0 Å². The summed E-state index contributed by atoms with van der Waals surface area (Å²) in [5, 5.41) is 0. The highest BCUT2D eigenvalue weighted by molar-refractivity contribution is 5.80. The zero-order chi connectivity index (χ0) is 16.4. The van der Waals surface area contributed by atoms with E-state index in [1.165, 1.54) is 39.3 Å². The number of aryl methyl sites for hydroxylation is 4. The second-order valence-electron chi connectivity index (χ2n) is 6.25. The molecular weight excluding hydrogens is 278 g/mol. The van der Waals surface area contributed by atoms with Gasteiger partial charge in [0, 0.05) is 11.4 Å². The van der Waals surface area contributed by atoms with Crippen LogP contribution in [0.15, 0.2) is 66.7 Å². The Labute approximate surface area is 139 Å². The predicted molar refractivity (Wildman–Crippen MR) is 100 cm³/mol. The van der Waals surface area contributed by atoms with Crippen LogP contribution in [0, 0.1) is 27.7 Å². The first-order valence-corrected chi connectivity index (χ1v) is 8.06. The summed E-state index contributed by atoms with van der Waals surface area (Å²) in [6.45, 7) is 8.60. The lowest BCUT2D eigenvalue weighted by atomic mass is 10.0. The molecule has 0 atom stereocenters. The third-order valence-corrected chi connectivity index (χ3v) is 4.25. The molecule has 0 heterocycles. The van der Waals surface area contributed by atoms with E-state index in [4.69, 9.17) is 0 Å². The summed E-state index contributed by atoms with van der Waals surface area (Å²) in [5.74, 6) is 0. The summed E-state index contributed by atoms with van der Waals surface area (Å²) in [6.07, 6.45) is 0. The van der Waals surface area contributed by atoms with Crippen molar-refractivity contribution < 1.29 is 0 Å². The molecule has 0 saturated carbocycles. The number of rotatable bonds is 3. The van der Waals surface area contributed by atoms with Gasteiger partial charge in [0.25, 0.3) is 0 Å². The molecule has 23 heavy (non-hydrogen) atoms. The molecule has 0 spiro atoms. The molecule has 1 heteroatoms. The van der Waals surface area contributed by atoms with Crippen LogP contribution < -0.4 is 4.90 Å². The van der Waals surface area contributed by atoms with Crippen LogP contribution in [0.4, 0.5) is 17.1 Å². The van der Waals surface area contributed by atoms with Crippen molar-refractivity contribution in [3.05, 3.63) is 89.0 Å². The van der Waals surface area contributed by atoms with E-state index in [0.29, 0.717) is 0 Å². The molecule has 0 aromatic heterocycles. The average molecular weight is 301 g/mol. The highest BCUT2D eigenvalue weighted by Crippen LogP contribution is 2.38. The second kappa shape index (κ2) is 6.29. The van der Waals surface area contributed by atoms with Crippen molar-refractivity contribution in [2.24, 2.45) is 0 Å². The van der Waals surface area contributed by atoms with Crippen LogP contribution in [0.3, 0.4) is 0 Å². The van der Waals surface area contributed by atoms with E-state index < -0.39 is 0 Å². The molecular formula is C22H23N. The first-order chi connectivity index (χ1) is 11.1. The normalized spacial score (nSPS) is 10.6. The summed E-state index contributed by atoms with van der Waals surface area (Å²) < 4.78 is 0. The molecule has 0 aliphatic heterocycles. The molecule has 3 rings (SSSR count). The van der Waals surface area contributed by atoms with Crippen molar-refractivity contribution in [2.75, 3.05) is 4.90 Å². The number of nitrogens with zero attached hydrogens (tertiary/aromatic N) is 1. The Morgan fingerprint density at radius 2 is 0.913 bits per heavy atom. The highest BCUT2D eigenvalue weighted by Gasteiger charge is 2.16. The standard InChI is InChI=1S/C22H23N/c1-16-8-12-20(13-9-16)23(21-14-10-17(2)11-15-21)22-18(3)6-5-7-19(22)4/h5-15H,1-4H3. The van der Waals surface area contributed by atoms with Gasteiger partial charge in [-0.05, 0) is 63.1 Å². The summed E-state index contributed by atoms with van der Waals surface area (Å²) in [7, 11) is 0. The molecule has 0 radical (unpaired) electrons. The topological polar surface area (TPSA) is 3.24 Å². The first-order valence-electron chi connectivity index (χ1n) is 8.06. The summed E-state index contributed by atoms with van der Waals surface area (Å²) in [6, 6.07) is 23.9. The number of hydrogen-bond donors (Lipinski definition) is 0. The van der Waals surface area contributed by atoms with Crippen LogP contribution in [0.5, 0.6) is 0 Å². The Kier molecular flexibility index (Phi) is 4.20. The fraction of sp³-hybridized carbons (Fsp3) is 0.182.